The lowest BCUT2D eigenvalue weighted by atomic mass is 9.71. The summed E-state index contributed by atoms with van der Waals surface area (Å²) >= 11 is 0. The standard InChI is InChI=1S/C26H33FN2O4S/c1-19-7-10-24(20-5-3-2-4-6-20)34(31,32)29(19)18-21-8-9-22(17-23(21)27)26(12-11-25(28)30)13-15-33-16-14-26/h2-6,8-9,17,19,24H,7,10-16,18H2,1H3,(H2,28,30)/t19-,24+/m0/s1. The van der Waals surface area contributed by atoms with Crippen LogP contribution in [-0.2, 0) is 31.5 Å². The van der Waals surface area contributed by atoms with E-state index in [1.165, 1.54) is 10.4 Å². The summed E-state index contributed by atoms with van der Waals surface area (Å²) < 4.78 is 49.3. The summed E-state index contributed by atoms with van der Waals surface area (Å²) in [5.74, 6) is -0.799. The van der Waals surface area contributed by atoms with Crippen LogP contribution in [0.5, 0.6) is 0 Å². The molecule has 34 heavy (non-hydrogen) atoms. The molecule has 2 atom stereocenters. The molecule has 2 aliphatic rings. The molecule has 2 saturated heterocycles. The SMILES string of the molecule is C[C@H]1CC[C@H](c2ccccc2)S(=O)(=O)N1Cc1ccc(C2(CCC(N)=O)CCOCC2)cc1F. The van der Waals surface area contributed by atoms with Crippen LogP contribution in [0.2, 0.25) is 0 Å². The first kappa shape index (κ1) is 24.8. The fraction of sp³-hybridized carbons (Fsp3) is 0.500. The first-order valence-corrected chi connectivity index (χ1v) is 13.4. The monoisotopic (exact) mass is 488 g/mol. The Hall–Kier alpha value is -2.29. The van der Waals surface area contributed by atoms with Gasteiger partial charge < -0.3 is 10.5 Å². The van der Waals surface area contributed by atoms with Crippen molar-refractivity contribution in [1.82, 2.24) is 4.31 Å². The van der Waals surface area contributed by atoms with Gasteiger partial charge in [-0.05, 0) is 56.2 Å². The predicted molar refractivity (Wildman–Crippen MR) is 129 cm³/mol. The van der Waals surface area contributed by atoms with Gasteiger partial charge in [-0.2, -0.15) is 4.31 Å². The van der Waals surface area contributed by atoms with Crippen molar-refractivity contribution in [3.8, 4) is 0 Å². The van der Waals surface area contributed by atoms with Gasteiger partial charge in [0.2, 0.25) is 15.9 Å². The normalized spacial score (nSPS) is 24.5. The summed E-state index contributed by atoms with van der Waals surface area (Å²) in [5, 5.41) is -0.619. The fourth-order valence-corrected chi connectivity index (χ4v) is 7.52. The highest BCUT2D eigenvalue weighted by atomic mass is 32.2. The Morgan fingerprint density at radius 1 is 1.15 bits per heavy atom. The molecule has 0 bridgehead atoms. The Kier molecular flexibility index (Phi) is 7.40. The molecule has 2 heterocycles. The number of halogens is 1. The van der Waals surface area contributed by atoms with E-state index in [1.807, 2.05) is 43.3 Å². The van der Waals surface area contributed by atoms with Gasteiger partial charge in [0.25, 0.3) is 0 Å². The number of hydrogen-bond donors (Lipinski definition) is 1. The molecule has 2 aromatic carbocycles. The van der Waals surface area contributed by atoms with Gasteiger partial charge in [0, 0.05) is 43.2 Å². The van der Waals surface area contributed by atoms with E-state index < -0.39 is 21.1 Å². The van der Waals surface area contributed by atoms with Crippen LogP contribution in [0.1, 0.15) is 67.4 Å². The molecule has 0 spiro atoms. The largest absolute Gasteiger partial charge is 0.381 e. The Balaban J connectivity index is 1.59. The number of primary amides is 1. The topological polar surface area (TPSA) is 89.7 Å². The number of amides is 1. The van der Waals surface area contributed by atoms with E-state index in [9.17, 15) is 13.2 Å². The zero-order chi connectivity index (χ0) is 24.3. The van der Waals surface area contributed by atoms with Crippen molar-refractivity contribution < 1.29 is 22.3 Å². The molecule has 6 nitrogen and oxygen atoms in total. The van der Waals surface area contributed by atoms with Crippen molar-refractivity contribution in [3.63, 3.8) is 0 Å². The van der Waals surface area contributed by atoms with Crippen LogP contribution in [0.15, 0.2) is 48.5 Å². The number of carbonyl (C=O) groups excluding carboxylic acids is 1. The summed E-state index contributed by atoms with van der Waals surface area (Å²) in [7, 11) is -3.64. The van der Waals surface area contributed by atoms with Gasteiger partial charge in [-0.3, -0.25) is 4.79 Å². The summed E-state index contributed by atoms with van der Waals surface area (Å²) in [5.41, 5.74) is 6.96. The van der Waals surface area contributed by atoms with E-state index in [0.29, 0.717) is 50.9 Å². The predicted octanol–water partition coefficient (Wildman–Crippen LogP) is 4.19. The minimum absolute atomic E-state index is 0.00363. The number of hydrogen-bond acceptors (Lipinski definition) is 4. The molecule has 0 aliphatic carbocycles. The lowest BCUT2D eigenvalue weighted by molar-refractivity contribution is -0.118. The van der Waals surface area contributed by atoms with Crippen LogP contribution in [0.4, 0.5) is 4.39 Å². The van der Waals surface area contributed by atoms with Gasteiger partial charge >= 0.3 is 0 Å². The lowest BCUT2D eigenvalue weighted by Crippen LogP contribution is -2.44. The minimum atomic E-state index is -3.64. The zero-order valence-electron chi connectivity index (χ0n) is 19.6. The van der Waals surface area contributed by atoms with Crippen LogP contribution in [0.25, 0.3) is 0 Å². The molecule has 1 amide bonds. The molecule has 2 aliphatic heterocycles. The van der Waals surface area contributed by atoms with E-state index in [-0.39, 0.29) is 30.3 Å². The molecule has 2 aromatic rings. The van der Waals surface area contributed by atoms with Crippen molar-refractivity contribution in [3.05, 3.63) is 71.0 Å². The lowest BCUT2D eigenvalue weighted by Gasteiger charge is -2.39. The smallest absolute Gasteiger partial charge is 0.221 e. The van der Waals surface area contributed by atoms with Crippen molar-refractivity contribution in [2.75, 3.05) is 13.2 Å². The van der Waals surface area contributed by atoms with Gasteiger partial charge in [0.05, 0.1) is 0 Å². The van der Waals surface area contributed by atoms with Gasteiger partial charge in [-0.15, -0.1) is 0 Å². The third-order valence-corrected chi connectivity index (χ3v) is 9.86. The van der Waals surface area contributed by atoms with E-state index in [0.717, 1.165) is 11.1 Å². The van der Waals surface area contributed by atoms with Gasteiger partial charge in [0.15, 0.2) is 0 Å². The van der Waals surface area contributed by atoms with Gasteiger partial charge in [0.1, 0.15) is 11.1 Å². The average molecular weight is 489 g/mol. The number of ether oxygens (including phenoxy) is 1. The molecule has 2 fully saturated rings. The molecular weight excluding hydrogens is 455 g/mol. The first-order chi connectivity index (χ1) is 16.2. The Morgan fingerprint density at radius 3 is 2.50 bits per heavy atom. The van der Waals surface area contributed by atoms with Crippen molar-refractivity contribution in [2.45, 2.75) is 68.7 Å². The molecule has 0 aromatic heterocycles. The second kappa shape index (κ2) is 10.1. The highest BCUT2D eigenvalue weighted by Gasteiger charge is 2.41. The van der Waals surface area contributed by atoms with E-state index in [1.54, 1.807) is 6.07 Å². The Labute approximate surface area is 201 Å². The molecule has 2 N–H and O–H groups in total. The highest BCUT2D eigenvalue weighted by Crippen LogP contribution is 2.41. The second-order valence-corrected chi connectivity index (χ2v) is 11.6. The number of carbonyl (C=O) groups is 1. The Morgan fingerprint density at radius 2 is 1.85 bits per heavy atom. The minimum Gasteiger partial charge on any atom is -0.381 e. The van der Waals surface area contributed by atoms with Crippen LogP contribution in [0, 0.1) is 5.82 Å². The first-order valence-electron chi connectivity index (χ1n) is 11.9. The maximum atomic E-state index is 15.4. The molecule has 0 unspecified atom stereocenters. The van der Waals surface area contributed by atoms with Gasteiger partial charge in [-0.1, -0.05) is 42.5 Å². The Bertz CT molecular complexity index is 1120. The molecule has 4 rings (SSSR count). The average Bonchev–Trinajstić information content (AvgIpc) is 2.82. The fourth-order valence-electron chi connectivity index (χ4n) is 5.33. The van der Waals surface area contributed by atoms with E-state index in [4.69, 9.17) is 10.5 Å². The third-order valence-electron chi connectivity index (χ3n) is 7.49. The quantitative estimate of drug-likeness (QED) is 0.633. The summed E-state index contributed by atoms with van der Waals surface area (Å²) in [6.07, 6.45) is 3.42. The third kappa shape index (κ3) is 5.04. The molecule has 8 heteroatoms. The van der Waals surface area contributed by atoms with Crippen LogP contribution >= 0.6 is 0 Å². The van der Waals surface area contributed by atoms with Crippen LogP contribution in [0.3, 0.4) is 0 Å². The van der Waals surface area contributed by atoms with Crippen molar-refractivity contribution in [2.24, 2.45) is 5.73 Å². The zero-order valence-corrected chi connectivity index (χ0v) is 20.4. The van der Waals surface area contributed by atoms with Crippen LogP contribution in [-0.4, -0.2) is 37.9 Å². The molecule has 184 valence electrons. The van der Waals surface area contributed by atoms with Crippen molar-refractivity contribution in [1.29, 1.82) is 0 Å². The summed E-state index contributed by atoms with van der Waals surface area (Å²) in [6, 6.07) is 14.1. The summed E-state index contributed by atoms with van der Waals surface area (Å²) in [4.78, 5) is 11.4. The molecule has 0 saturated carbocycles. The number of nitrogens with two attached hydrogens (primary N) is 1. The second-order valence-electron chi connectivity index (χ2n) is 9.58. The van der Waals surface area contributed by atoms with Gasteiger partial charge in [-0.25, -0.2) is 12.8 Å². The van der Waals surface area contributed by atoms with E-state index >= 15 is 4.39 Å². The number of rotatable bonds is 7. The number of nitrogens with zero attached hydrogens (tertiary/aromatic N) is 1. The molecular formula is C26H33FN2O4S. The number of benzene rings is 2. The highest BCUT2D eigenvalue weighted by molar-refractivity contribution is 7.89. The number of sulfonamides is 1. The maximum absolute atomic E-state index is 15.4. The van der Waals surface area contributed by atoms with Crippen LogP contribution < -0.4 is 5.73 Å². The summed E-state index contributed by atoms with van der Waals surface area (Å²) in [6.45, 7) is 2.97. The maximum Gasteiger partial charge on any atom is 0.221 e. The van der Waals surface area contributed by atoms with Crippen molar-refractivity contribution >= 4 is 15.9 Å². The molecule has 0 radical (unpaired) electrons. The van der Waals surface area contributed by atoms with E-state index in [2.05, 4.69) is 0 Å².